The van der Waals surface area contributed by atoms with Crippen LogP contribution in [0, 0.1) is 0 Å². The molecule has 2 aromatic rings. The number of aliphatic hydroxyl groups is 1. The van der Waals surface area contributed by atoms with E-state index in [2.05, 4.69) is 11.2 Å². The topological polar surface area (TPSA) is 38.0 Å². The molecule has 0 radical (unpaired) electrons. The molecule has 0 aliphatic heterocycles. The van der Waals surface area contributed by atoms with E-state index in [-0.39, 0.29) is 6.61 Å². The molecule has 1 aliphatic rings. The molecule has 0 saturated heterocycles. The fraction of sp³-hybridized carbons (Fsp3) is 0.357. The van der Waals surface area contributed by atoms with Crippen LogP contribution in [0.1, 0.15) is 35.6 Å². The van der Waals surface area contributed by atoms with Gasteiger partial charge in [0.1, 0.15) is 0 Å². The molecule has 88 valence electrons. The summed E-state index contributed by atoms with van der Waals surface area (Å²) in [5, 5.41) is 13.5. The van der Waals surface area contributed by atoms with Crippen molar-refractivity contribution in [2.75, 3.05) is 0 Å². The van der Waals surface area contributed by atoms with Gasteiger partial charge in [-0.2, -0.15) is 5.10 Å². The van der Waals surface area contributed by atoms with E-state index < -0.39 is 0 Å². The molecule has 1 saturated carbocycles. The Kier molecular flexibility index (Phi) is 2.69. The lowest BCUT2D eigenvalue weighted by atomic mass is 10.1. The van der Waals surface area contributed by atoms with Crippen molar-refractivity contribution < 1.29 is 5.11 Å². The predicted molar refractivity (Wildman–Crippen MR) is 65.7 cm³/mol. The van der Waals surface area contributed by atoms with E-state index in [9.17, 15) is 0 Å². The van der Waals surface area contributed by atoms with Gasteiger partial charge in [0, 0.05) is 12.1 Å². The Morgan fingerprint density at radius 3 is 2.47 bits per heavy atom. The third kappa shape index (κ3) is 2.39. The minimum Gasteiger partial charge on any atom is -0.392 e. The van der Waals surface area contributed by atoms with Gasteiger partial charge in [-0.1, -0.05) is 24.3 Å². The summed E-state index contributed by atoms with van der Waals surface area (Å²) in [6.45, 7) is 0.909. The van der Waals surface area contributed by atoms with Crippen LogP contribution in [0.25, 0.3) is 0 Å². The number of hydrogen-bond donors (Lipinski definition) is 1. The van der Waals surface area contributed by atoms with Crippen molar-refractivity contribution >= 4 is 0 Å². The van der Waals surface area contributed by atoms with Crippen LogP contribution in [-0.4, -0.2) is 14.9 Å². The van der Waals surface area contributed by atoms with Crippen molar-refractivity contribution in [3.63, 3.8) is 0 Å². The molecule has 3 heteroatoms. The third-order valence-electron chi connectivity index (χ3n) is 3.21. The molecule has 0 amide bonds. The molecule has 1 heterocycles. The van der Waals surface area contributed by atoms with Crippen LogP contribution in [0.4, 0.5) is 0 Å². The zero-order chi connectivity index (χ0) is 11.7. The van der Waals surface area contributed by atoms with Crippen LogP contribution >= 0.6 is 0 Å². The molecule has 17 heavy (non-hydrogen) atoms. The standard InChI is InChI=1S/C14H16N2O/c17-10-12-3-1-11(2-4-12)9-16-8-7-14(15-16)13-5-6-13/h1-4,7-8,13,17H,5-6,9-10H2. The van der Waals surface area contributed by atoms with Gasteiger partial charge in [0.25, 0.3) is 0 Å². The number of rotatable bonds is 4. The highest BCUT2D eigenvalue weighted by Crippen LogP contribution is 2.38. The van der Waals surface area contributed by atoms with Gasteiger partial charge in [-0.3, -0.25) is 4.68 Å². The van der Waals surface area contributed by atoms with Crippen molar-refractivity contribution in [2.24, 2.45) is 0 Å². The van der Waals surface area contributed by atoms with Gasteiger partial charge >= 0.3 is 0 Å². The lowest BCUT2D eigenvalue weighted by molar-refractivity contribution is 0.282. The molecular formula is C14H16N2O. The molecule has 0 unspecified atom stereocenters. The summed E-state index contributed by atoms with van der Waals surface area (Å²) in [6.07, 6.45) is 4.64. The van der Waals surface area contributed by atoms with Crippen molar-refractivity contribution in [1.29, 1.82) is 0 Å². The maximum absolute atomic E-state index is 8.97. The largest absolute Gasteiger partial charge is 0.392 e. The molecule has 1 aliphatic carbocycles. The molecule has 3 nitrogen and oxygen atoms in total. The Labute approximate surface area is 101 Å². The number of hydrogen-bond acceptors (Lipinski definition) is 2. The molecule has 3 rings (SSSR count). The highest BCUT2D eigenvalue weighted by Gasteiger charge is 2.25. The second kappa shape index (κ2) is 4.34. The highest BCUT2D eigenvalue weighted by molar-refractivity contribution is 5.22. The summed E-state index contributed by atoms with van der Waals surface area (Å²) in [7, 11) is 0. The molecule has 1 N–H and O–H groups in total. The van der Waals surface area contributed by atoms with Gasteiger partial charge in [0.2, 0.25) is 0 Å². The van der Waals surface area contributed by atoms with Crippen molar-refractivity contribution in [2.45, 2.75) is 31.9 Å². The predicted octanol–water partition coefficient (Wildman–Crippen LogP) is 2.30. The lowest BCUT2D eigenvalue weighted by Crippen LogP contribution is -2.01. The first-order valence-corrected chi connectivity index (χ1v) is 6.07. The second-order valence-electron chi connectivity index (χ2n) is 4.69. The summed E-state index contributed by atoms with van der Waals surface area (Å²) in [5.74, 6) is 0.716. The van der Waals surface area contributed by atoms with Crippen LogP contribution in [0.2, 0.25) is 0 Å². The van der Waals surface area contributed by atoms with Gasteiger partial charge < -0.3 is 5.11 Å². The zero-order valence-corrected chi connectivity index (χ0v) is 9.71. The highest BCUT2D eigenvalue weighted by atomic mass is 16.3. The van der Waals surface area contributed by atoms with Gasteiger partial charge in [-0.25, -0.2) is 0 Å². The van der Waals surface area contributed by atoms with Gasteiger partial charge in [0.15, 0.2) is 0 Å². The molecule has 0 bridgehead atoms. The molecular weight excluding hydrogens is 212 g/mol. The average molecular weight is 228 g/mol. The molecule has 1 fully saturated rings. The van der Waals surface area contributed by atoms with Crippen LogP contribution in [0.5, 0.6) is 0 Å². The lowest BCUT2D eigenvalue weighted by Gasteiger charge is -2.03. The Morgan fingerprint density at radius 1 is 1.12 bits per heavy atom. The maximum atomic E-state index is 8.97. The summed E-state index contributed by atoms with van der Waals surface area (Å²) >= 11 is 0. The Balaban J connectivity index is 1.71. The number of aromatic nitrogens is 2. The number of aliphatic hydroxyl groups excluding tert-OH is 1. The van der Waals surface area contributed by atoms with Crippen molar-refractivity contribution in [3.05, 3.63) is 53.3 Å². The molecule has 0 spiro atoms. The molecule has 1 aromatic carbocycles. The second-order valence-corrected chi connectivity index (χ2v) is 4.69. The smallest absolute Gasteiger partial charge is 0.0681 e. The van der Waals surface area contributed by atoms with E-state index >= 15 is 0 Å². The van der Waals surface area contributed by atoms with E-state index in [1.165, 1.54) is 24.1 Å². The van der Waals surface area contributed by atoms with Crippen LogP contribution in [0.3, 0.4) is 0 Å². The fourth-order valence-electron chi connectivity index (χ4n) is 2.00. The Hall–Kier alpha value is -1.61. The van der Waals surface area contributed by atoms with Gasteiger partial charge in [0.05, 0.1) is 18.8 Å². The minimum absolute atomic E-state index is 0.105. The zero-order valence-electron chi connectivity index (χ0n) is 9.71. The summed E-state index contributed by atoms with van der Waals surface area (Å²) in [4.78, 5) is 0. The van der Waals surface area contributed by atoms with Crippen molar-refractivity contribution in [1.82, 2.24) is 9.78 Å². The molecule has 1 aromatic heterocycles. The first-order valence-electron chi connectivity index (χ1n) is 6.07. The Bertz CT molecular complexity index is 497. The SMILES string of the molecule is OCc1ccc(Cn2ccc(C3CC3)n2)cc1. The summed E-state index contributed by atoms with van der Waals surface area (Å²) < 4.78 is 1.99. The van der Waals surface area contributed by atoms with Crippen molar-refractivity contribution in [3.8, 4) is 0 Å². The van der Waals surface area contributed by atoms with Crippen LogP contribution in [-0.2, 0) is 13.2 Å². The van der Waals surface area contributed by atoms with Gasteiger partial charge in [-0.15, -0.1) is 0 Å². The van der Waals surface area contributed by atoms with E-state index in [0.29, 0.717) is 5.92 Å². The van der Waals surface area contributed by atoms with E-state index in [4.69, 9.17) is 5.11 Å². The maximum Gasteiger partial charge on any atom is 0.0681 e. The summed E-state index contributed by atoms with van der Waals surface area (Å²) in [6, 6.07) is 10.1. The van der Waals surface area contributed by atoms with Gasteiger partial charge in [-0.05, 0) is 30.0 Å². The number of benzene rings is 1. The third-order valence-corrected chi connectivity index (χ3v) is 3.21. The molecule has 0 atom stereocenters. The summed E-state index contributed by atoms with van der Waals surface area (Å²) in [5.41, 5.74) is 3.40. The van der Waals surface area contributed by atoms with E-state index in [1.807, 2.05) is 35.1 Å². The van der Waals surface area contributed by atoms with E-state index in [0.717, 1.165) is 12.1 Å². The van der Waals surface area contributed by atoms with E-state index in [1.54, 1.807) is 0 Å². The Morgan fingerprint density at radius 2 is 1.82 bits per heavy atom. The fourth-order valence-corrected chi connectivity index (χ4v) is 2.00. The average Bonchev–Trinajstić information content (AvgIpc) is 3.12. The first kappa shape index (κ1) is 10.5. The monoisotopic (exact) mass is 228 g/mol. The number of nitrogens with zero attached hydrogens (tertiary/aromatic N) is 2. The minimum atomic E-state index is 0.105. The quantitative estimate of drug-likeness (QED) is 0.872. The van der Waals surface area contributed by atoms with Crippen LogP contribution < -0.4 is 0 Å². The normalized spacial score (nSPS) is 15.1. The first-order chi connectivity index (χ1) is 8.35. The van der Waals surface area contributed by atoms with Crippen LogP contribution in [0.15, 0.2) is 36.5 Å².